The quantitative estimate of drug-likeness (QED) is 0.152. The van der Waals surface area contributed by atoms with Crippen LogP contribution in [-0.4, -0.2) is 53.6 Å². The highest BCUT2D eigenvalue weighted by Crippen LogP contribution is 2.67. The molecule has 0 aromatic heterocycles. The normalized spacial score (nSPS) is 34.5. The molecular formula is C35H56O9. The van der Waals surface area contributed by atoms with Gasteiger partial charge in [0.1, 0.15) is 11.9 Å². The lowest BCUT2D eigenvalue weighted by Crippen LogP contribution is -2.54. The Labute approximate surface area is 263 Å². The summed E-state index contributed by atoms with van der Waals surface area (Å²) in [6.45, 7) is 11.6. The molecule has 1 N–H and O–H groups in total. The molecule has 44 heavy (non-hydrogen) atoms. The predicted molar refractivity (Wildman–Crippen MR) is 164 cm³/mol. The second kappa shape index (κ2) is 15.7. The number of hydrogen-bond donors (Lipinski definition) is 1. The van der Waals surface area contributed by atoms with Crippen molar-refractivity contribution >= 4 is 29.7 Å². The zero-order chi connectivity index (χ0) is 32.7. The van der Waals surface area contributed by atoms with Crippen molar-refractivity contribution in [3.8, 4) is 0 Å². The Morgan fingerprint density at radius 1 is 0.841 bits per heavy atom. The van der Waals surface area contributed by atoms with Crippen molar-refractivity contribution in [1.29, 1.82) is 0 Å². The van der Waals surface area contributed by atoms with E-state index in [0.29, 0.717) is 61.7 Å². The zero-order valence-electron chi connectivity index (χ0n) is 27.9. The van der Waals surface area contributed by atoms with Crippen LogP contribution >= 0.6 is 0 Å². The number of carbonyl (C=O) groups is 5. The van der Waals surface area contributed by atoms with Crippen molar-refractivity contribution in [2.24, 2.45) is 40.4 Å². The van der Waals surface area contributed by atoms with Crippen molar-refractivity contribution < 1.29 is 43.3 Å². The molecule has 9 heteroatoms. The predicted octanol–water partition coefficient (Wildman–Crippen LogP) is 6.68. The Kier molecular flexibility index (Phi) is 12.9. The van der Waals surface area contributed by atoms with E-state index < -0.39 is 18.0 Å². The van der Waals surface area contributed by atoms with Crippen LogP contribution in [0.3, 0.4) is 0 Å². The minimum absolute atomic E-state index is 0.0584. The van der Waals surface area contributed by atoms with Gasteiger partial charge in [-0.2, -0.15) is 0 Å². The highest BCUT2D eigenvalue weighted by Gasteiger charge is 2.60. The van der Waals surface area contributed by atoms with Crippen LogP contribution in [0.5, 0.6) is 0 Å². The summed E-state index contributed by atoms with van der Waals surface area (Å²) < 4.78 is 15.3. The second-order valence-corrected chi connectivity index (χ2v) is 14.4. The molecule has 0 bridgehead atoms. The number of carboxylic acids is 1. The molecule has 4 aliphatic carbocycles. The summed E-state index contributed by atoms with van der Waals surface area (Å²) in [4.78, 5) is 56.2. The fourth-order valence-electron chi connectivity index (χ4n) is 9.52. The van der Waals surface area contributed by atoms with Crippen molar-refractivity contribution in [1.82, 2.24) is 0 Å². The summed E-state index contributed by atoms with van der Waals surface area (Å²) in [6, 6.07) is 0. The molecular weight excluding hydrogens is 564 g/mol. The zero-order valence-corrected chi connectivity index (χ0v) is 27.9. The summed E-state index contributed by atoms with van der Waals surface area (Å²) in [7, 11) is 0. The molecule has 0 aliphatic heterocycles. The first-order chi connectivity index (χ1) is 20.7. The van der Waals surface area contributed by atoms with Crippen LogP contribution in [0.2, 0.25) is 0 Å². The number of Topliss-reactive ketones (excluding diaryl/α,β-unsaturated/α-hetero) is 1. The fraction of sp³-hybridized carbons (Fsp3) is 0.857. The molecule has 0 spiro atoms. The molecule has 9 atom stereocenters. The van der Waals surface area contributed by atoms with Crippen LogP contribution in [0.1, 0.15) is 131 Å². The lowest BCUT2D eigenvalue weighted by atomic mass is 9.44. The van der Waals surface area contributed by atoms with Crippen LogP contribution in [0.4, 0.5) is 0 Å². The molecule has 0 radical (unpaired) electrons. The minimum Gasteiger partial charge on any atom is -0.479 e. The number of esters is 3. The third-order valence-corrected chi connectivity index (χ3v) is 11.6. The monoisotopic (exact) mass is 620 g/mol. The summed E-state index contributed by atoms with van der Waals surface area (Å²) in [5.41, 5.74) is 0.573. The van der Waals surface area contributed by atoms with Gasteiger partial charge in [0.25, 0.3) is 0 Å². The molecule has 1 unspecified atom stereocenters. The summed E-state index contributed by atoms with van der Waals surface area (Å²) in [6.07, 6.45) is 12.4. The molecule has 0 aromatic rings. The molecule has 0 heterocycles. The van der Waals surface area contributed by atoms with Crippen LogP contribution in [-0.2, 0) is 38.2 Å². The van der Waals surface area contributed by atoms with Crippen molar-refractivity contribution in [3.05, 3.63) is 0 Å². The van der Waals surface area contributed by atoms with E-state index in [1.54, 1.807) is 0 Å². The summed E-state index contributed by atoms with van der Waals surface area (Å²) in [5.74, 6) is 1.57. The molecule has 0 saturated heterocycles. The van der Waals surface area contributed by atoms with Gasteiger partial charge in [0, 0.05) is 26.2 Å². The van der Waals surface area contributed by atoms with E-state index in [1.807, 2.05) is 13.8 Å². The highest BCUT2D eigenvalue weighted by atomic mass is 16.6. The Bertz CT molecular complexity index is 1040. The standard InChI is InChI=1S/C28H44O5.C7H12O4/c1-18(29)23-10-11-24-22-9-8-20-17-21(33-26(31)7-5-6-16-32-19(2)30)12-14-27(20,3)25(22)13-15-28(23,24)4;1-3-4-6(7(9)10)11-5(2)8/h20-25H,5-17H2,1-4H3;6H,3-4H2,1-2H3,(H,9,10)/t20-,21+,22-,23+,24-,25-,27-,28+;/m0./s1. The Morgan fingerprint density at radius 3 is 2.14 bits per heavy atom. The number of unbranched alkanes of at least 4 members (excludes halogenated alkanes) is 1. The smallest absolute Gasteiger partial charge is 0.345 e. The van der Waals surface area contributed by atoms with E-state index in [0.717, 1.165) is 37.5 Å². The molecule has 4 aliphatic rings. The third-order valence-electron chi connectivity index (χ3n) is 11.6. The number of carbonyl (C=O) groups excluding carboxylic acids is 4. The number of carboxylic acid groups (broad SMARTS) is 1. The lowest BCUT2D eigenvalue weighted by molar-refractivity contribution is -0.163. The number of rotatable bonds is 11. The van der Waals surface area contributed by atoms with Crippen LogP contribution in [0.15, 0.2) is 0 Å². The molecule has 0 amide bonds. The lowest BCUT2D eigenvalue weighted by Gasteiger charge is -2.61. The largest absolute Gasteiger partial charge is 0.479 e. The molecule has 250 valence electrons. The van der Waals surface area contributed by atoms with Crippen LogP contribution in [0, 0.1) is 40.4 Å². The van der Waals surface area contributed by atoms with Gasteiger partial charge in [-0.05, 0) is 118 Å². The van der Waals surface area contributed by atoms with Crippen molar-refractivity contribution in [2.45, 2.75) is 144 Å². The Hall–Kier alpha value is -2.45. The van der Waals surface area contributed by atoms with E-state index in [1.165, 1.54) is 46.0 Å². The minimum atomic E-state index is -1.08. The summed E-state index contributed by atoms with van der Waals surface area (Å²) in [5, 5.41) is 8.48. The Balaban J connectivity index is 0.000000411. The van der Waals surface area contributed by atoms with Gasteiger partial charge in [0.05, 0.1) is 6.61 Å². The molecule has 4 rings (SSSR count). The van der Waals surface area contributed by atoms with Gasteiger partial charge < -0.3 is 19.3 Å². The van der Waals surface area contributed by atoms with E-state index in [4.69, 9.17) is 14.6 Å². The maximum atomic E-state index is 12.4. The summed E-state index contributed by atoms with van der Waals surface area (Å²) >= 11 is 0. The second-order valence-electron chi connectivity index (χ2n) is 14.4. The first-order valence-electron chi connectivity index (χ1n) is 17.0. The molecule has 4 fully saturated rings. The maximum Gasteiger partial charge on any atom is 0.345 e. The SMILES string of the molecule is CC(=O)OCCCCC(=O)O[C@@H]1CC[C@@]2(C)[C@@H](CC[C@@H]3[C@@H]2CC[C@]2(C)[C@@H](C(C)=O)CC[C@@H]32)C1.CCCC(OC(C)=O)C(=O)O. The highest BCUT2D eigenvalue weighted by molar-refractivity contribution is 5.79. The topological polar surface area (TPSA) is 133 Å². The van der Waals surface area contributed by atoms with Gasteiger partial charge >= 0.3 is 23.9 Å². The average Bonchev–Trinajstić information content (AvgIpc) is 3.30. The van der Waals surface area contributed by atoms with E-state index in [9.17, 15) is 24.0 Å². The molecule has 0 aromatic carbocycles. The van der Waals surface area contributed by atoms with Gasteiger partial charge in [-0.25, -0.2) is 4.79 Å². The van der Waals surface area contributed by atoms with E-state index in [2.05, 4.69) is 18.6 Å². The molecule has 9 nitrogen and oxygen atoms in total. The fourth-order valence-corrected chi connectivity index (χ4v) is 9.52. The number of ketones is 1. The Morgan fingerprint density at radius 2 is 1.52 bits per heavy atom. The van der Waals surface area contributed by atoms with Gasteiger partial charge in [-0.15, -0.1) is 0 Å². The van der Waals surface area contributed by atoms with Gasteiger partial charge in [0.2, 0.25) is 0 Å². The third kappa shape index (κ3) is 8.63. The maximum absolute atomic E-state index is 12.4. The van der Waals surface area contributed by atoms with Gasteiger partial charge in [-0.1, -0.05) is 27.2 Å². The average molecular weight is 621 g/mol. The van der Waals surface area contributed by atoms with Crippen molar-refractivity contribution in [2.75, 3.05) is 6.61 Å². The van der Waals surface area contributed by atoms with Gasteiger partial charge in [-0.3, -0.25) is 19.2 Å². The van der Waals surface area contributed by atoms with Crippen molar-refractivity contribution in [3.63, 3.8) is 0 Å². The number of hydrogen-bond acceptors (Lipinski definition) is 8. The number of aliphatic carboxylic acids is 1. The van der Waals surface area contributed by atoms with Crippen LogP contribution in [0.25, 0.3) is 0 Å². The first kappa shape index (κ1) is 36.0. The molecule has 4 saturated carbocycles. The number of fused-ring (bicyclic) bond motifs is 5. The van der Waals surface area contributed by atoms with E-state index >= 15 is 0 Å². The number of ether oxygens (including phenoxy) is 3. The van der Waals surface area contributed by atoms with Gasteiger partial charge in [0.15, 0.2) is 6.10 Å². The van der Waals surface area contributed by atoms with E-state index in [-0.39, 0.29) is 29.4 Å². The van der Waals surface area contributed by atoms with Crippen LogP contribution < -0.4 is 0 Å². The first-order valence-corrected chi connectivity index (χ1v) is 17.0.